The van der Waals surface area contributed by atoms with Crippen LogP contribution in [-0.4, -0.2) is 17.0 Å². The number of benzene rings is 1. The van der Waals surface area contributed by atoms with Crippen molar-refractivity contribution in [3.8, 4) is 0 Å². The van der Waals surface area contributed by atoms with Gasteiger partial charge in [-0.25, -0.2) is 14.4 Å². The summed E-state index contributed by atoms with van der Waals surface area (Å²) in [5.74, 6) is 0.517. The monoisotopic (exact) mass is 287 g/mol. The number of nitrogens with zero attached hydrogens (tertiary/aromatic N) is 2. The summed E-state index contributed by atoms with van der Waals surface area (Å²) in [4.78, 5) is 9.20. The van der Waals surface area contributed by atoms with Crippen molar-refractivity contribution in [3.05, 3.63) is 58.9 Å². The Morgan fingerprint density at radius 1 is 1.19 bits per heavy atom. The maximum atomic E-state index is 13.1. The molecule has 3 nitrogen and oxygen atoms in total. The van der Waals surface area contributed by atoms with Crippen LogP contribution in [0, 0.1) is 12.7 Å². The van der Waals surface area contributed by atoms with Crippen molar-refractivity contribution in [2.24, 2.45) is 0 Å². The Morgan fingerprint density at radius 2 is 1.81 bits per heavy atom. The van der Waals surface area contributed by atoms with E-state index < -0.39 is 0 Å². The van der Waals surface area contributed by atoms with Gasteiger partial charge in [0.25, 0.3) is 0 Å². The van der Waals surface area contributed by atoms with Crippen LogP contribution in [0.15, 0.2) is 30.5 Å². The second-order valence-corrected chi connectivity index (χ2v) is 5.88. The number of nitrogens with one attached hydrogen (secondary N) is 1. The molecule has 0 amide bonds. The zero-order valence-corrected chi connectivity index (χ0v) is 13.2. The van der Waals surface area contributed by atoms with Gasteiger partial charge >= 0.3 is 0 Å². The lowest BCUT2D eigenvalue weighted by Gasteiger charge is -2.25. The summed E-state index contributed by atoms with van der Waals surface area (Å²) in [7, 11) is 1.92. The van der Waals surface area contributed by atoms with E-state index >= 15 is 0 Å². The molecule has 0 radical (unpaired) electrons. The number of hydrogen-bond acceptors (Lipinski definition) is 3. The highest BCUT2D eigenvalue weighted by Gasteiger charge is 2.27. The van der Waals surface area contributed by atoms with Crippen LogP contribution in [0.3, 0.4) is 0 Å². The van der Waals surface area contributed by atoms with Gasteiger partial charge in [0, 0.05) is 28.9 Å². The summed E-state index contributed by atoms with van der Waals surface area (Å²) in [5, 5.41) is 3.20. The maximum Gasteiger partial charge on any atom is 0.138 e. The number of hydrogen-bond donors (Lipinski definition) is 1. The van der Waals surface area contributed by atoms with Crippen molar-refractivity contribution in [3.63, 3.8) is 0 Å². The molecule has 0 bridgehead atoms. The third-order valence-electron chi connectivity index (χ3n) is 4.04. The highest BCUT2D eigenvalue weighted by atomic mass is 19.1. The smallest absolute Gasteiger partial charge is 0.138 e. The molecule has 0 saturated heterocycles. The number of halogens is 1. The van der Waals surface area contributed by atoms with Crippen molar-refractivity contribution in [2.45, 2.75) is 39.2 Å². The average molecular weight is 287 g/mol. The van der Waals surface area contributed by atoms with Crippen LogP contribution in [-0.2, 0) is 5.41 Å². The van der Waals surface area contributed by atoms with E-state index in [0.29, 0.717) is 0 Å². The molecule has 4 heteroatoms. The van der Waals surface area contributed by atoms with Crippen LogP contribution in [0.1, 0.15) is 49.5 Å². The molecule has 0 aliphatic carbocycles. The van der Waals surface area contributed by atoms with Gasteiger partial charge in [0.05, 0.1) is 0 Å². The van der Waals surface area contributed by atoms with Crippen LogP contribution in [0.2, 0.25) is 0 Å². The summed E-state index contributed by atoms with van der Waals surface area (Å²) in [6, 6.07) is 6.74. The molecule has 1 heterocycles. The van der Waals surface area contributed by atoms with E-state index in [1.54, 1.807) is 12.1 Å². The van der Waals surface area contributed by atoms with E-state index in [0.717, 1.165) is 22.6 Å². The zero-order valence-electron chi connectivity index (χ0n) is 13.2. The minimum absolute atomic E-state index is 0.216. The van der Waals surface area contributed by atoms with Crippen molar-refractivity contribution >= 4 is 0 Å². The molecule has 1 aromatic heterocycles. The molecular formula is C17H22FN3. The van der Waals surface area contributed by atoms with Gasteiger partial charge in [-0.1, -0.05) is 12.1 Å². The number of aromatic nitrogens is 2. The van der Waals surface area contributed by atoms with Gasteiger partial charge in [0.1, 0.15) is 11.6 Å². The second kappa shape index (κ2) is 5.90. The fraction of sp³-hybridized carbons (Fsp3) is 0.412. The van der Waals surface area contributed by atoms with Gasteiger partial charge in [0.2, 0.25) is 0 Å². The lowest BCUT2D eigenvalue weighted by molar-refractivity contribution is 0.571. The molecule has 1 N–H and O–H groups in total. The number of rotatable bonds is 4. The van der Waals surface area contributed by atoms with Crippen molar-refractivity contribution in [1.29, 1.82) is 0 Å². The van der Waals surface area contributed by atoms with E-state index in [-0.39, 0.29) is 17.3 Å². The van der Waals surface area contributed by atoms with E-state index in [9.17, 15) is 4.39 Å². The van der Waals surface area contributed by atoms with Crippen LogP contribution in [0.4, 0.5) is 4.39 Å². The Kier molecular flexibility index (Phi) is 4.37. The Balaban J connectivity index is 2.41. The van der Waals surface area contributed by atoms with Gasteiger partial charge in [-0.05, 0) is 52.4 Å². The Bertz CT molecular complexity index is 620. The average Bonchev–Trinajstić information content (AvgIpc) is 2.46. The van der Waals surface area contributed by atoms with Crippen molar-refractivity contribution in [1.82, 2.24) is 15.3 Å². The zero-order chi connectivity index (χ0) is 15.6. The normalized spacial score (nSPS) is 13.2. The molecule has 112 valence electrons. The van der Waals surface area contributed by atoms with Gasteiger partial charge < -0.3 is 5.32 Å². The SMILES string of the molecule is CNC(C)c1cnc(C(C)(C)c2ccc(F)cc2)nc1C. The van der Waals surface area contributed by atoms with Gasteiger partial charge in [-0.3, -0.25) is 0 Å². The highest BCUT2D eigenvalue weighted by Crippen LogP contribution is 2.29. The van der Waals surface area contributed by atoms with Crippen LogP contribution < -0.4 is 5.32 Å². The molecule has 21 heavy (non-hydrogen) atoms. The topological polar surface area (TPSA) is 37.8 Å². The molecule has 0 saturated carbocycles. The third-order valence-corrected chi connectivity index (χ3v) is 4.04. The van der Waals surface area contributed by atoms with E-state index in [2.05, 4.69) is 36.1 Å². The first-order chi connectivity index (χ1) is 9.86. The van der Waals surface area contributed by atoms with Crippen molar-refractivity contribution < 1.29 is 4.39 Å². The molecule has 0 fully saturated rings. The quantitative estimate of drug-likeness (QED) is 0.934. The maximum absolute atomic E-state index is 13.1. The van der Waals surface area contributed by atoms with Gasteiger partial charge in [0.15, 0.2) is 0 Å². The Morgan fingerprint density at radius 3 is 2.33 bits per heavy atom. The lowest BCUT2D eigenvalue weighted by Crippen LogP contribution is -2.24. The Hall–Kier alpha value is -1.81. The van der Waals surface area contributed by atoms with E-state index in [1.807, 2.05) is 20.2 Å². The molecule has 0 spiro atoms. The molecule has 1 aromatic carbocycles. The van der Waals surface area contributed by atoms with Crippen molar-refractivity contribution in [2.75, 3.05) is 7.05 Å². The predicted molar refractivity (Wildman–Crippen MR) is 82.8 cm³/mol. The lowest BCUT2D eigenvalue weighted by atomic mass is 9.83. The first-order valence-corrected chi connectivity index (χ1v) is 7.13. The first kappa shape index (κ1) is 15.6. The highest BCUT2D eigenvalue weighted by molar-refractivity contribution is 5.32. The fourth-order valence-corrected chi connectivity index (χ4v) is 2.35. The summed E-state index contributed by atoms with van der Waals surface area (Å²) >= 11 is 0. The molecular weight excluding hydrogens is 265 g/mol. The molecule has 0 aliphatic heterocycles. The summed E-state index contributed by atoms with van der Waals surface area (Å²) < 4.78 is 13.1. The van der Waals surface area contributed by atoms with Crippen LogP contribution in [0.5, 0.6) is 0 Å². The fourth-order valence-electron chi connectivity index (χ4n) is 2.35. The van der Waals surface area contributed by atoms with E-state index in [4.69, 9.17) is 0 Å². The standard InChI is InChI=1S/C17H22FN3/c1-11(19-5)15-10-20-16(21-12(15)2)17(3,4)13-6-8-14(18)9-7-13/h6-11,19H,1-5H3. The van der Waals surface area contributed by atoms with Gasteiger partial charge in [-0.2, -0.15) is 0 Å². The Labute approximate surface area is 125 Å². The molecule has 0 aliphatic rings. The van der Waals surface area contributed by atoms with E-state index in [1.165, 1.54) is 12.1 Å². The second-order valence-electron chi connectivity index (χ2n) is 5.88. The molecule has 1 unspecified atom stereocenters. The molecule has 2 rings (SSSR count). The minimum Gasteiger partial charge on any atom is -0.313 e. The number of aryl methyl sites for hydroxylation is 1. The summed E-state index contributed by atoms with van der Waals surface area (Å²) in [6.07, 6.45) is 1.88. The predicted octanol–water partition coefficient (Wildman–Crippen LogP) is 3.53. The molecule has 2 aromatic rings. The summed E-state index contributed by atoms with van der Waals surface area (Å²) in [6.45, 7) is 8.18. The molecule has 1 atom stereocenters. The first-order valence-electron chi connectivity index (χ1n) is 7.13. The van der Waals surface area contributed by atoms with Crippen LogP contribution >= 0.6 is 0 Å². The van der Waals surface area contributed by atoms with Gasteiger partial charge in [-0.15, -0.1) is 0 Å². The van der Waals surface area contributed by atoms with Crippen LogP contribution in [0.25, 0.3) is 0 Å². The third kappa shape index (κ3) is 3.10. The largest absolute Gasteiger partial charge is 0.313 e. The summed E-state index contributed by atoms with van der Waals surface area (Å²) in [5.41, 5.74) is 2.70. The minimum atomic E-state index is -0.361.